The second kappa shape index (κ2) is 9.81. The first-order valence-electron chi connectivity index (χ1n) is 11.6. The molecule has 0 aliphatic carbocycles. The van der Waals surface area contributed by atoms with Crippen molar-refractivity contribution in [2.45, 2.75) is 44.5 Å². The smallest absolute Gasteiger partial charge is 0.416 e. The van der Waals surface area contributed by atoms with Gasteiger partial charge < -0.3 is 20.5 Å². The molecule has 0 spiro atoms. The fraction of sp³-hybridized carbons (Fsp3) is 0.440. The number of rotatable bonds is 7. The van der Waals surface area contributed by atoms with E-state index in [0.717, 1.165) is 12.1 Å². The molecule has 1 fully saturated rings. The predicted molar refractivity (Wildman–Crippen MR) is 130 cm³/mol. The number of ether oxygens (including phenoxy) is 2. The number of aryl methyl sites for hydroxylation is 1. The summed E-state index contributed by atoms with van der Waals surface area (Å²) in [7, 11) is 3.07. The van der Waals surface area contributed by atoms with Crippen LogP contribution >= 0.6 is 0 Å². The van der Waals surface area contributed by atoms with Crippen molar-refractivity contribution in [1.29, 1.82) is 0 Å². The minimum absolute atomic E-state index is 0.00918. The van der Waals surface area contributed by atoms with Crippen molar-refractivity contribution < 1.29 is 31.4 Å². The molecule has 2 heterocycles. The highest BCUT2D eigenvalue weighted by molar-refractivity contribution is 5.92. The van der Waals surface area contributed by atoms with E-state index in [1.165, 1.54) is 13.2 Å². The molecule has 1 aliphatic heterocycles. The maximum Gasteiger partial charge on any atom is 0.416 e. The fourth-order valence-corrected chi connectivity index (χ4v) is 4.44. The summed E-state index contributed by atoms with van der Waals surface area (Å²) in [6.45, 7) is 3.05. The molecular weight excluding hydrogens is 497 g/mol. The Labute approximate surface area is 210 Å². The van der Waals surface area contributed by atoms with Crippen LogP contribution in [0.25, 0.3) is 10.9 Å². The van der Waals surface area contributed by atoms with E-state index < -0.39 is 29.7 Å². The van der Waals surface area contributed by atoms with E-state index in [1.807, 2.05) is 0 Å². The summed E-state index contributed by atoms with van der Waals surface area (Å²) in [6, 6.07) is 5.59. The van der Waals surface area contributed by atoms with Gasteiger partial charge in [-0.05, 0) is 50.7 Å². The molecule has 0 saturated carbocycles. The van der Waals surface area contributed by atoms with Crippen LogP contribution in [0.4, 0.5) is 33.5 Å². The van der Waals surface area contributed by atoms with Gasteiger partial charge in [-0.3, -0.25) is 4.90 Å². The Kier molecular flexibility index (Phi) is 7.06. The van der Waals surface area contributed by atoms with Crippen LogP contribution in [-0.2, 0) is 6.18 Å². The summed E-state index contributed by atoms with van der Waals surface area (Å²) in [5.74, 6) is -1.31. The summed E-state index contributed by atoms with van der Waals surface area (Å²) < 4.78 is 78.8. The number of nitrogens with zero attached hydrogens (tertiary/aromatic N) is 3. The number of likely N-dealkylation sites (tertiary alicyclic amines) is 1. The zero-order valence-corrected chi connectivity index (χ0v) is 20.8. The summed E-state index contributed by atoms with van der Waals surface area (Å²) in [6.07, 6.45) is -4.85. The Morgan fingerprint density at radius 2 is 1.89 bits per heavy atom. The highest BCUT2D eigenvalue weighted by Gasteiger charge is 2.43. The molecule has 0 amide bonds. The van der Waals surface area contributed by atoms with Crippen molar-refractivity contribution in [2.24, 2.45) is 0 Å². The lowest BCUT2D eigenvalue weighted by molar-refractivity contribution is -0.137. The van der Waals surface area contributed by atoms with Gasteiger partial charge in [0.15, 0.2) is 11.5 Å². The fourth-order valence-electron chi connectivity index (χ4n) is 4.44. The number of benzene rings is 2. The highest BCUT2D eigenvalue weighted by atomic mass is 19.4. The van der Waals surface area contributed by atoms with Crippen LogP contribution in [0, 0.1) is 6.92 Å². The minimum Gasteiger partial charge on any atom is -0.493 e. The normalized spacial score (nSPS) is 18.7. The molecule has 3 aromatic rings. The van der Waals surface area contributed by atoms with Gasteiger partial charge in [0.1, 0.15) is 18.2 Å². The molecule has 12 heteroatoms. The van der Waals surface area contributed by atoms with Crippen LogP contribution in [0.3, 0.4) is 0 Å². The number of aromatic nitrogens is 2. The van der Waals surface area contributed by atoms with Crippen molar-refractivity contribution >= 4 is 22.4 Å². The van der Waals surface area contributed by atoms with Gasteiger partial charge in [-0.15, -0.1) is 0 Å². The number of hydrogen-bond donors (Lipinski definition) is 2. The van der Waals surface area contributed by atoms with Gasteiger partial charge in [-0.1, -0.05) is 0 Å². The van der Waals surface area contributed by atoms with E-state index in [-0.39, 0.29) is 25.3 Å². The average Bonchev–Trinajstić information content (AvgIpc) is 3.07. The molecule has 0 radical (unpaired) electrons. The van der Waals surface area contributed by atoms with E-state index >= 15 is 0 Å². The van der Waals surface area contributed by atoms with E-state index in [2.05, 4.69) is 15.3 Å². The van der Waals surface area contributed by atoms with E-state index in [4.69, 9.17) is 15.2 Å². The molecule has 1 aliphatic rings. The number of halogens is 5. The molecule has 4 rings (SSSR count). The van der Waals surface area contributed by atoms with Gasteiger partial charge in [-0.25, -0.2) is 18.7 Å². The number of nitrogens with two attached hydrogens (primary N) is 1. The van der Waals surface area contributed by atoms with Crippen LogP contribution < -0.4 is 20.5 Å². The molecule has 2 aromatic carbocycles. The topological polar surface area (TPSA) is 85.5 Å². The molecule has 2 atom stereocenters. The Morgan fingerprint density at radius 1 is 1.16 bits per heavy atom. The molecular formula is C25H28F5N5O2. The number of hydrogen-bond acceptors (Lipinski definition) is 7. The third-order valence-electron chi connectivity index (χ3n) is 6.32. The minimum atomic E-state index is -4.54. The molecule has 200 valence electrons. The second-order valence-electron chi connectivity index (χ2n) is 9.33. The third-order valence-corrected chi connectivity index (χ3v) is 6.32. The first-order valence-corrected chi connectivity index (χ1v) is 11.6. The van der Waals surface area contributed by atoms with E-state index in [1.54, 1.807) is 37.9 Å². The van der Waals surface area contributed by atoms with Gasteiger partial charge in [0, 0.05) is 29.6 Å². The zero-order valence-electron chi connectivity index (χ0n) is 20.8. The van der Waals surface area contributed by atoms with Crippen molar-refractivity contribution in [3.05, 3.63) is 47.3 Å². The lowest BCUT2D eigenvalue weighted by atomic mass is 10.0. The van der Waals surface area contributed by atoms with Crippen LogP contribution in [0.2, 0.25) is 0 Å². The Bertz CT molecular complexity index is 1300. The molecule has 37 heavy (non-hydrogen) atoms. The van der Waals surface area contributed by atoms with Gasteiger partial charge in [0.2, 0.25) is 0 Å². The summed E-state index contributed by atoms with van der Waals surface area (Å²) in [4.78, 5) is 10.4. The van der Waals surface area contributed by atoms with Crippen LogP contribution in [0.5, 0.6) is 11.5 Å². The predicted octanol–water partition coefficient (Wildman–Crippen LogP) is 5.44. The van der Waals surface area contributed by atoms with E-state index in [9.17, 15) is 22.0 Å². The number of fused-ring (bicyclic) bond motifs is 1. The number of anilines is 2. The average molecular weight is 526 g/mol. The molecule has 7 nitrogen and oxygen atoms in total. The van der Waals surface area contributed by atoms with Crippen molar-refractivity contribution in [2.75, 3.05) is 38.4 Å². The Hall–Kier alpha value is -3.41. The van der Waals surface area contributed by atoms with Crippen molar-refractivity contribution in [1.82, 2.24) is 14.9 Å². The first kappa shape index (κ1) is 26.6. The maximum atomic E-state index is 13.8. The maximum absolute atomic E-state index is 13.8. The quantitative estimate of drug-likeness (QED) is 0.314. The Morgan fingerprint density at radius 3 is 2.51 bits per heavy atom. The first-order chi connectivity index (χ1) is 17.3. The summed E-state index contributed by atoms with van der Waals surface area (Å²) in [5.41, 5.74) is 5.72. The standard InChI is InChI=1S/C25H28F5N5O2/c1-13(15-5-16(25(28,29)30)7-17(31)6-15)32-23-19-8-22(21(36-4)9-20(19)33-14(2)34-23)37-11-18-10-24(26,27)12-35(18)3/h5-9,13,18H,10-12,31H2,1-4H3,(H,32,33,34)/t13?,18-/m0/s1. The van der Waals surface area contributed by atoms with Crippen LogP contribution in [-0.4, -0.2) is 54.1 Å². The summed E-state index contributed by atoms with van der Waals surface area (Å²) in [5, 5.41) is 3.68. The van der Waals surface area contributed by atoms with Crippen molar-refractivity contribution in [3.8, 4) is 11.5 Å². The van der Waals surface area contributed by atoms with Crippen LogP contribution in [0.1, 0.15) is 36.3 Å². The lowest BCUT2D eigenvalue weighted by Crippen LogP contribution is -2.30. The molecule has 0 bridgehead atoms. The van der Waals surface area contributed by atoms with Gasteiger partial charge in [-0.2, -0.15) is 13.2 Å². The van der Waals surface area contributed by atoms with Gasteiger partial charge in [0.05, 0.1) is 30.8 Å². The van der Waals surface area contributed by atoms with Crippen molar-refractivity contribution in [3.63, 3.8) is 0 Å². The lowest BCUT2D eigenvalue weighted by Gasteiger charge is -2.21. The van der Waals surface area contributed by atoms with Gasteiger partial charge >= 0.3 is 6.18 Å². The van der Waals surface area contributed by atoms with E-state index in [0.29, 0.717) is 39.6 Å². The highest BCUT2D eigenvalue weighted by Crippen LogP contribution is 2.38. The number of likely N-dealkylation sites (N-methyl/N-ethyl adjacent to an activating group) is 1. The third kappa shape index (κ3) is 5.95. The summed E-state index contributed by atoms with van der Waals surface area (Å²) >= 11 is 0. The monoisotopic (exact) mass is 525 g/mol. The van der Waals surface area contributed by atoms with Crippen LogP contribution in [0.15, 0.2) is 30.3 Å². The number of nitrogen functional groups attached to an aromatic ring is 1. The second-order valence-corrected chi connectivity index (χ2v) is 9.33. The number of nitrogens with one attached hydrogen (secondary N) is 1. The Balaban J connectivity index is 1.65. The molecule has 1 unspecified atom stereocenters. The largest absolute Gasteiger partial charge is 0.493 e. The molecule has 1 aromatic heterocycles. The van der Waals surface area contributed by atoms with Gasteiger partial charge in [0.25, 0.3) is 5.92 Å². The SMILES string of the molecule is COc1cc2nc(C)nc(NC(C)c3cc(N)cc(C(F)(F)F)c3)c2cc1OC[C@@H]1CC(F)(F)CN1C. The number of alkyl halides is 5. The number of methoxy groups -OCH3 is 1. The zero-order chi connectivity index (χ0) is 27.1. The molecule has 3 N–H and O–H groups in total. The molecule has 1 saturated heterocycles.